The predicted octanol–water partition coefficient (Wildman–Crippen LogP) is 3.68. The van der Waals surface area contributed by atoms with E-state index in [0.29, 0.717) is 0 Å². The number of carbonyl (C=O) groups excluding carboxylic acids is 1. The Morgan fingerprint density at radius 3 is 2.47 bits per heavy atom. The molecule has 0 aromatic heterocycles. The van der Waals surface area contributed by atoms with E-state index in [1.165, 1.54) is 17.0 Å². The largest absolute Gasteiger partial charge is 0.315 e. The summed E-state index contributed by atoms with van der Waals surface area (Å²) in [6, 6.07) is 13.6. The van der Waals surface area contributed by atoms with Crippen molar-refractivity contribution in [3.63, 3.8) is 0 Å². The zero-order valence-corrected chi connectivity index (χ0v) is 11.2. The maximum Gasteiger partial charge on any atom is 0.231 e. The second-order valence-electron chi connectivity index (χ2n) is 4.17. The molecule has 0 heterocycles. The van der Waals surface area contributed by atoms with Gasteiger partial charge in [-0.15, -0.1) is 0 Å². The van der Waals surface area contributed by atoms with Gasteiger partial charge < -0.3 is 4.90 Å². The summed E-state index contributed by atoms with van der Waals surface area (Å²) < 4.78 is 13.6. The molecule has 0 N–H and O–H groups in total. The van der Waals surface area contributed by atoms with Crippen LogP contribution in [0, 0.1) is 5.82 Å². The Morgan fingerprint density at radius 2 is 1.84 bits per heavy atom. The third-order valence-electron chi connectivity index (χ3n) is 2.91. The second kappa shape index (κ2) is 5.85. The number of nitrogens with zero attached hydrogens (tertiary/aromatic N) is 1. The van der Waals surface area contributed by atoms with Gasteiger partial charge in [0.15, 0.2) is 0 Å². The van der Waals surface area contributed by atoms with E-state index in [-0.39, 0.29) is 22.9 Å². The maximum absolute atomic E-state index is 13.6. The molecule has 0 spiro atoms. The molecule has 0 atom stereocenters. The number of benzene rings is 2. The van der Waals surface area contributed by atoms with Crippen LogP contribution in [0.2, 0.25) is 5.02 Å². The van der Waals surface area contributed by atoms with Crippen LogP contribution in [0.5, 0.6) is 0 Å². The molecule has 19 heavy (non-hydrogen) atoms. The van der Waals surface area contributed by atoms with Crippen molar-refractivity contribution in [1.82, 2.24) is 0 Å². The Hall–Kier alpha value is -1.87. The number of hydrogen-bond acceptors (Lipinski definition) is 1. The molecule has 2 rings (SSSR count). The normalized spacial score (nSPS) is 10.3. The number of halogens is 2. The SMILES string of the molecule is CN(C(=O)Cc1c(F)cccc1Cl)c1ccccc1. The van der Waals surface area contributed by atoms with E-state index < -0.39 is 5.82 Å². The van der Waals surface area contributed by atoms with Gasteiger partial charge in [-0.25, -0.2) is 4.39 Å². The van der Waals surface area contributed by atoms with E-state index >= 15 is 0 Å². The molecule has 0 unspecified atom stereocenters. The van der Waals surface area contributed by atoms with Gasteiger partial charge in [-0.05, 0) is 24.3 Å². The van der Waals surface area contributed by atoms with Crippen molar-refractivity contribution in [2.75, 3.05) is 11.9 Å². The van der Waals surface area contributed by atoms with Gasteiger partial charge in [-0.2, -0.15) is 0 Å². The number of amides is 1. The molecule has 0 saturated carbocycles. The summed E-state index contributed by atoms with van der Waals surface area (Å²) in [5.74, 6) is -0.666. The quantitative estimate of drug-likeness (QED) is 0.838. The number of rotatable bonds is 3. The molecular weight excluding hydrogens is 265 g/mol. The van der Waals surface area contributed by atoms with Crippen LogP contribution in [-0.2, 0) is 11.2 Å². The molecule has 0 fully saturated rings. The number of carbonyl (C=O) groups is 1. The molecule has 0 aliphatic heterocycles. The van der Waals surface area contributed by atoms with Crippen LogP contribution in [0.4, 0.5) is 10.1 Å². The highest BCUT2D eigenvalue weighted by molar-refractivity contribution is 6.31. The molecule has 0 bridgehead atoms. The first-order valence-electron chi connectivity index (χ1n) is 5.84. The van der Waals surface area contributed by atoms with Gasteiger partial charge in [0, 0.05) is 23.3 Å². The average Bonchev–Trinajstić information content (AvgIpc) is 2.43. The van der Waals surface area contributed by atoms with Crippen molar-refractivity contribution in [3.8, 4) is 0 Å². The highest BCUT2D eigenvalue weighted by Crippen LogP contribution is 2.21. The van der Waals surface area contributed by atoms with Gasteiger partial charge >= 0.3 is 0 Å². The van der Waals surface area contributed by atoms with Gasteiger partial charge in [-0.3, -0.25) is 4.79 Å². The minimum absolute atomic E-state index is 0.0586. The molecule has 0 radical (unpaired) electrons. The molecular formula is C15H13ClFNO. The zero-order valence-electron chi connectivity index (χ0n) is 10.4. The van der Waals surface area contributed by atoms with E-state index in [1.54, 1.807) is 13.1 Å². The number of likely N-dealkylation sites (N-methyl/N-ethyl adjacent to an activating group) is 1. The molecule has 98 valence electrons. The standard InChI is InChI=1S/C15H13ClFNO/c1-18(11-6-3-2-4-7-11)15(19)10-12-13(16)8-5-9-14(12)17/h2-9H,10H2,1H3. The van der Waals surface area contributed by atoms with Crippen LogP contribution in [0.3, 0.4) is 0 Å². The number of anilines is 1. The summed E-state index contributed by atoms with van der Waals surface area (Å²) in [5.41, 5.74) is 0.997. The lowest BCUT2D eigenvalue weighted by Gasteiger charge is -2.17. The molecule has 4 heteroatoms. The lowest BCUT2D eigenvalue weighted by molar-refractivity contribution is -0.117. The summed E-state index contributed by atoms with van der Waals surface area (Å²) in [6.45, 7) is 0. The first-order valence-corrected chi connectivity index (χ1v) is 6.22. The fraction of sp³-hybridized carbons (Fsp3) is 0.133. The average molecular weight is 278 g/mol. The first-order chi connectivity index (χ1) is 9.09. The minimum atomic E-state index is -0.456. The predicted molar refractivity (Wildman–Crippen MR) is 75.0 cm³/mol. The Bertz CT molecular complexity index is 566. The zero-order chi connectivity index (χ0) is 13.8. The van der Waals surface area contributed by atoms with Crippen molar-refractivity contribution in [1.29, 1.82) is 0 Å². The van der Waals surface area contributed by atoms with E-state index in [0.717, 1.165) is 5.69 Å². The van der Waals surface area contributed by atoms with Crippen molar-refractivity contribution in [2.24, 2.45) is 0 Å². The monoisotopic (exact) mass is 277 g/mol. The molecule has 2 aromatic carbocycles. The van der Waals surface area contributed by atoms with Crippen molar-refractivity contribution < 1.29 is 9.18 Å². The van der Waals surface area contributed by atoms with Gasteiger partial charge in [-0.1, -0.05) is 35.9 Å². The molecule has 2 nitrogen and oxygen atoms in total. The van der Waals surface area contributed by atoms with Crippen LogP contribution >= 0.6 is 11.6 Å². The van der Waals surface area contributed by atoms with Crippen molar-refractivity contribution in [2.45, 2.75) is 6.42 Å². The van der Waals surface area contributed by atoms with Gasteiger partial charge in [0.05, 0.1) is 6.42 Å². The van der Waals surface area contributed by atoms with Gasteiger partial charge in [0.1, 0.15) is 5.82 Å². The second-order valence-corrected chi connectivity index (χ2v) is 4.57. The topological polar surface area (TPSA) is 20.3 Å². The summed E-state index contributed by atoms with van der Waals surface area (Å²) in [6.07, 6.45) is -0.0586. The van der Waals surface area contributed by atoms with E-state index in [2.05, 4.69) is 0 Å². The van der Waals surface area contributed by atoms with Crippen LogP contribution in [0.25, 0.3) is 0 Å². The number of para-hydroxylation sites is 1. The fourth-order valence-corrected chi connectivity index (χ4v) is 2.00. The van der Waals surface area contributed by atoms with Crippen LogP contribution in [-0.4, -0.2) is 13.0 Å². The Balaban J connectivity index is 2.18. The lowest BCUT2D eigenvalue weighted by Crippen LogP contribution is -2.28. The summed E-state index contributed by atoms with van der Waals surface area (Å²) in [7, 11) is 1.66. The van der Waals surface area contributed by atoms with Crippen LogP contribution in [0.1, 0.15) is 5.56 Å². The smallest absolute Gasteiger partial charge is 0.231 e. The lowest BCUT2D eigenvalue weighted by atomic mass is 10.1. The molecule has 1 amide bonds. The van der Waals surface area contributed by atoms with Gasteiger partial charge in [0.2, 0.25) is 5.91 Å². The maximum atomic E-state index is 13.6. The molecule has 0 saturated heterocycles. The van der Waals surface area contributed by atoms with Gasteiger partial charge in [0.25, 0.3) is 0 Å². The third kappa shape index (κ3) is 3.12. The Morgan fingerprint density at radius 1 is 1.16 bits per heavy atom. The highest BCUT2D eigenvalue weighted by Gasteiger charge is 2.16. The van der Waals surface area contributed by atoms with E-state index in [4.69, 9.17) is 11.6 Å². The minimum Gasteiger partial charge on any atom is -0.315 e. The summed E-state index contributed by atoms with van der Waals surface area (Å²) >= 11 is 5.91. The van der Waals surface area contributed by atoms with Crippen LogP contribution in [0.15, 0.2) is 48.5 Å². The molecule has 0 aliphatic carbocycles. The Labute approximate surface area is 116 Å². The first kappa shape index (κ1) is 13.6. The molecule has 0 aliphatic rings. The summed E-state index contributed by atoms with van der Waals surface area (Å²) in [4.78, 5) is 13.6. The number of hydrogen-bond donors (Lipinski definition) is 0. The molecule has 2 aromatic rings. The van der Waals surface area contributed by atoms with E-state index in [9.17, 15) is 9.18 Å². The highest BCUT2D eigenvalue weighted by atomic mass is 35.5. The van der Waals surface area contributed by atoms with E-state index in [1.807, 2.05) is 30.3 Å². The van der Waals surface area contributed by atoms with Crippen molar-refractivity contribution >= 4 is 23.2 Å². The Kier molecular flexibility index (Phi) is 4.17. The third-order valence-corrected chi connectivity index (χ3v) is 3.26. The van der Waals surface area contributed by atoms with Crippen LogP contribution < -0.4 is 4.90 Å². The van der Waals surface area contributed by atoms with Crippen molar-refractivity contribution in [3.05, 3.63) is 64.9 Å². The fourth-order valence-electron chi connectivity index (χ4n) is 1.77. The summed E-state index contributed by atoms with van der Waals surface area (Å²) in [5, 5.41) is 0.273.